The van der Waals surface area contributed by atoms with Gasteiger partial charge in [-0.2, -0.15) is 0 Å². The molecule has 0 bridgehead atoms. The molecule has 4 rings (SSSR count). The van der Waals surface area contributed by atoms with E-state index in [-0.39, 0.29) is 30.8 Å². The van der Waals surface area contributed by atoms with Crippen LogP contribution in [0.15, 0.2) is 66.3 Å². The molecule has 0 saturated heterocycles. The number of nitrogens with one attached hydrogen (secondary N) is 1. The predicted molar refractivity (Wildman–Crippen MR) is 134 cm³/mol. The minimum Gasteiger partial charge on any atom is -0.496 e. The van der Waals surface area contributed by atoms with Gasteiger partial charge < -0.3 is 15.0 Å². The van der Waals surface area contributed by atoms with Gasteiger partial charge >= 0.3 is 0 Å². The van der Waals surface area contributed by atoms with Crippen molar-refractivity contribution in [3.8, 4) is 5.75 Å². The quantitative estimate of drug-likeness (QED) is 0.475. The van der Waals surface area contributed by atoms with E-state index in [1.807, 2.05) is 53.9 Å². The van der Waals surface area contributed by atoms with Gasteiger partial charge in [0.1, 0.15) is 11.8 Å². The number of hydrogen-bond donors (Lipinski definition) is 1. The second-order valence-corrected chi connectivity index (χ2v) is 9.65. The predicted octanol–water partition coefficient (Wildman–Crippen LogP) is 4.91. The first kappa shape index (κ1) is 24.0. The number of benzene rings is 1. The van der Waals surface area contributed by atoms with Crippen LogP contribution >= 0.6 is 11.3 Å². The highest BCUT2D eigenvalue weighted by Gasteiger charge is 2.33. The highest BCUT2D eigenvalue weighted by atomic mass is 32.1. The van der Waals surface area contributed by atoms with Gasteiger partial charge in [-0.3, -0.25) is 14.6 Å². The van der Waals surface area contributed by atoms with Crippen LogP contribution in [0.2, 0.25) is 0 Å². The summed E-state index contributed by atoms with van der Waals surface area (Å²) >= 11 is 1.54. The number of para-hydroxylation sites is 1. The molecule has 34 heavy (non-hydrogen) atoms. The Morgan fingerprint density at radius 3 is 2.56 bits per heavy atom. The zero-order chi connectivity index (χ0) is 23.8. The van der Waals surface area contributed by atoms with E-state index >= 15 is 0 Å². The molecule has 2 heterocycles. The topological polar surface area (TPSA) is 71.5 Å². The van der Waals surface area contributed by atoms with Crippen molar-refractivity contribution in [2.24, 2.45) is 0 Å². The second-order valence-electron chi connectivity index (χ2n) is 8.62. The third-order valence-corrected chi connectivity index (χ3v) is 7.17. The molecule has 7 heteroatoms. The zero-order valence-corrected chi connectivity index (χ0v) is 20.3. The molecule has 0 radical (unpaired) electrons. The van der Waals surface area contributed by atoms with Crippen LogP contribution in [-0.4, -0.2) is 34.8 Å². The normalized spacial score (nSPS) is 14.9. The molecule has 1 atom stereocenters. The molecule has 2 aromatic heterocycles. The van der Waals surface area contributed by atoms with E-state index in [1.165, 1.54) is 6.42 Å². The minimum absolute atomic E-state index is 0.103. The van der Waals surface area contributed by atoms with Crippen molar-refractivity contribution in [2.75, 3.05) is 7.11 Å². The fourth-order valence-electron chi connectivity index (χ4n) is 4.55. The first-order chi connectivity index (χ1) is 16.7. The van der Waals surface area contributed by atoms with Gasteiger partial charge in [-0.15, -0.1) is 11.3 Å². The summed E-state index contributed by atoms with van der Waals surface area (Å²) < 4.78 is 5.55. The number of thiophene rings is 1. The van der Waals surface area contributed by atoms with E-state index in [0.717, 1.165) is 41.7 Å². The second kappa shape index (κ2) is 11.8. The lowest BCUT2D eigenvalue weighted by atomic mass is 9.94. The summed E-state index contributed by atoms with van der Waals surface area (Å²) in [6.07, 6.45) is 8.97. The van der Waals surface area contributed by atoms with Crippen LogP contribution in [0.3, 0.4) is 0 Å². The number of aromatic nitrogens is 1. The smallest absolute Gasteiger partial charge is 0.247 e. The van der Waals surface area contributed by atoms with E-state index in [0.29, 0.717) is 5.75 Å². The number of pyridine rings is 1. The lowest BCUT2D eigenvalue weighted by Gasteiger charge is -2.33. The lowest BCUT2D eigenvalue weighted by molar-refractivity contribution is -0.141. The number of carbonyl (C=O) groups is 2. The van der Waals surface area contributed by atoms with Gasteiger partial charge in [0.05, 0.1) is 20.1 Å². The summed E-state index contributed by atoms with van der Waals surface area (Å²) in [5.41, 5.74) is 1.60. The summed E-state index contributed by atoms with van der Waals surface area (Å²) in [7, 11) is 1.62. The van der Waals surface area contributed by atoms with E-state index in [4.69, 9.17) is 4.74 Å². The molecule has 1 unspecified atom stereocenters. The monoisotopic (exact) mass is 477 g/mol. The fourth-order valence-corrected chi connectivity index (χ4v) is 5.25. The molecular weight excluding hydrogens is 446 g/mol. The molecule has 1 aliphatic rings. The van der Waals surface area contributed by atoms with Crippen LogP contribution in [0.5, 0.6) is 5.75 Å². The Labute approximate surface area is 205 Å². The van der Waals surface area contributed by atoms with Crippen molar-refractivity contribution >= 4 is 23.2 Å². The number of hydrogen-bond acceptors (Lipinski definition) is 5. The van der Waals surface area contributed by atoms with Gasteiger partial charge in [-0.05, 0) is 48.1 Å². The highest BCUT2D eigenvalue weighted by Crippen LogP contribution is 2.29. The van der Waals surface area contributed by atoms with Crippen LogP contribution in [-0.2, 0) is 22.6 Å². The SMILES string of the molecule is COc1ccccc1CN(C(=O)Cc1cccs1)C(C(=O)NC1CCCCC1)c1ccncc1. The average molecular weight is 478 g/mol. The van der Waals surface area contributed by atoms with Crippen molar-refractivity contribution < 1.29 is 14.3 Å². The fraction of sp³-hybridized carbons (Fsp3) is 0.370. The Bertz CT molecular complexity index is 1070. The zero-order valence-electron chi connectivity index (χ0n) is 19.5. The van der Waals surface area contributed by atoms with Crippen LogP contribution in [0.4, 0.5) is 0 Å². The molecule has 1 aromatic carbocycles. The molecular formula is C27H31N3O3S. The molecule has 6 nitrogen and oxygen atoms in total. The van der Waals surface area contributed by atoms with Crippen LogP contribution in [0.1, 0.15) is 54.1 Å². The van der Waals surface area contributed by atoms with Gasteiger partial charge in [-0.25, -0.2) is 0 Å². The van der Waals surface area contributed by atoms with Crippen molar-refractivity contribution in [2.45, 2.75) is 57.2 Å². The van der Waals surface area contributed by atoms with E-state index < -0.39 is 6.04 Å². The molecule has 0 aliphatic heterocycles. The van der Waals surface area contributed by atoms with Crippen molar-refractivity contribution in [1.82, 2.24) is 15.2 Å². The molecule has 1 aliphatic carbocycles. The standard InChI is InChI=1S/C27H31N3O3S/c1-33-24-12-6-5-8-21(24)19-30(25(31)18-23-11-7-17-34-23)26(20-13-15-28-16-14-20)27(32)29-22-9-3-2-4-10-22/h5-8,11-17,22,26H,2-4,9-10,18-19H2,1H3,(H,29,32). The summed E-state index contributed by atoms with van der Waals surface area (Å²) in [5.74, 6) is 0.444. The average Bonchev–Trinajstić information content (AvgIpc) is 3.38. The number of carbonyl (C=O) groups excluding carboxylic acids is 2. The molecule has 178 valence electrons. The highest BCUT2D eigenvalue weighted by molar-refractivity contribution is 7.10. The van der Waals surface area contributed by atoms with Gasteiger partial charge in [0.15, 0.2) is 0 Å². The van der Waals surface area contributed by atoms with Crippen molar-refractivity contribution in [3.05, 3.63) is 82.3 Å². The molecule has 1 fully saturated rings. The first-order valence-electron chi connectivity index (χ1n) is 11.8. The number of amides is 2. The minimum atomic E-state index is -0.762. The van der Waals surface area contributed by atoms with Gasteiger partial charge in [0.2, 0.25) is 11.8 Å². The third-order valence-electron chi connectivity index (χ3n) is 6.29. The van der Waals surface area contributed by atoms with Crippen LogP contribution < -0.4 is 10.1 Å². The number of ether oxygens (including phenoxy) is 1. The maximum Gasteiger partial charge on any atom is 0.247 e. The van der Waals surface area contributed by atoms with Gasteiger partial charge in [-0.1, -0.05) is 43.5 Å². The summed E-state index contributed by atoms with van der Waals surface area (Å²) in [6.45, 7) is 0.263. The maximum absolute atomic E-state index is 13.8. The molecule has 0 spiro atoms. The van der Waals surface area contributed by atoms with Gasteiger partial charge in [0.25, 0.3) is 0 Å². The Morgan fingerprint density at radius 2 is 1.85 bits per heavy atom. The molecule has 2 amide bonds. The molecule has 3 aromatic rings. The Kier molecular flexibility index (Phi) is 8.31. The summed E-state index contributed by atoms with van der Waals surface area (Å²) in [5, 5.41) is 5.21. The number of nitrogens with zero attached hydrogens (tertiary/aromatic N) is 2. The lowest BCUT2D eigenvalue weighted by Crippen LogP contribution is -2.47. The molecule has 1 saturated carbocycles. The summed E-state index contributed by atoms with van der Waals surface area (Å²) in [4.78, 5) is 34.3. The summed E-state index contributed by atoms with van der Waals surface area (Å²) in [6, 6.07) is 14.5. The van der Waals surface area contributed by atoms with Crippen LogP contribution in [0, 0.1) is 0 Å². The number of rotatable bonds is 9. The van der Waals surface area contributed by atoms with Gasteiger partial charge in [0, 0.05) is 28.9 Å². The molecule has 1 N–H and O–H groups in total. The largest absolute Gasteiger partial charge is 0.496 e. The van der Waals surface area contributed by atoms with Crippen molar-refractivity contribution in [3.63, 3.8) is 0 Å². The third kappa shape index (κ3) is 6.03. The Hall–Kier alpha value is -3.19. The Balaban J connectivity index is 1.69. The van der Waals surface area contributed by atoms with E-state index in [2.05, 4.69) is 10.3 Å². The van der Waals surface area contributed by atoms with Crippen LogP contribution in [0.25, 0.3) is 0 Å². The number of methoxy groups -OCH3 is 1. The first-order valence-corrected chi connectivity index (χ1v) is 12.7. The maximum atomic E-state index is 13.8. The van der Waals surface area contributed by atoms with Crippen molar-refractivity contribution in [1.29, 1.82) is 0 Å². The van der Waals surface area contributed by atoms with E-state index in [1.54, 1.807) is 35.7 Å². The van der Waals surface area contributed by atoms with E-state index in [9.17, 15) is 9.59 Å². The Morgan fingerprint density at radius 1 is 1.09 bits per heavy atom.